The largest absolute Gasteiger partial charge is 0.322 e. The molecule has 0 atom stereocenters. The molecule has 0 unspecified atom stereocenters. The summed E-state index contributed by atoms with van der Waals surface area (Å²) in [6.45, 7) is 5.37. The molecule has 0 bridgehead atoms. The number of hydrogen-bond donors (Lipinski definition) is 1. The molecular weight excluding hydrogens is 326 g/mol. The maximum absolute atomic E-state index is 11.8. The van der Waals surface area contributed by atoms with E-state index < -0.39 is 0 Å². The second kappa shape index (κ2) is 7.86. The first-order chi connectivity index (χ1) is 12.1. The van der Waals surface area contributed by atoms with Crippen LogP contribution in [0.3, 0.4) is 0 Å². The lowest BCUT2D eigenvalue weighted by Crippen LogP contribution is -2.12. The highest BCUT2D eigenvalue weighted by molar-refractivity contribution is 7.97. The van der Waals surface area contributed by atoms with Crippen molar-refractivity contribution >= 4 is 22.5 Å². The van der Waals surface area contributed by atoms with Gasteiger partial charge in [0, 0.05) is 11.3 Å². The van der Waals surface area contributed by atoms with Gasteiger partial charge in [0.25, 0.3) is 5.91 Å². The number of carbonyl (C=O) groups excluding carboxylic acids is 1. The van der Waals surface area contributed by atoms with Crippen molar-refractivity contribution in [3.8, 4) is 0 Å². The Bertz CT molecular complexity index is 818. The van der Waals surface area contributed by atoms with Crippen LogP contribution in [0, 0.1) is 0 Å². The van der Waals surface area contributed by atoms with Gasteiger partial charge in [0.1, 0.15) is 0 Å². The highest BCUT2D eigenvalue weighted by Gasteiger charge is 2.28. The van der Waals surface area contributed by atoms with Gasteiger partial charge < -0.3 is 5.32 Å². The van der Waals surface area contributed by atoms with Crippen LogP contribution in [0.4, 0.5) is 5.69 Å². The summed E-state index contributed by atoms with van der Waals surface area (Å²) in [5.74, 6) is -0.155. The Hall–Kier alpha value is -2.78. The maximum atomic E-state index is 11.8. The van der Waals surface area contributed by atoms with Crippen molar-refractivity contribution < 1.29 is 4.79 Å². The third-order valence-electron chi connectivity index (χ3n) is 3.69. The Morgan fingerprint density at radius 2 is 1.20 bits per heavy atom. The minimum absolute atomic E-state index is 0.155. The van der Waals surface area contributed by atoms with Crippen LogP contribution in [0.2, 0.25) is 0 Å². The molecule has 0 aliphatic rings. The molecule has 0 radical (unpaired) electrons. The van der Waals surface area contributed by atoms with Gasteiger partial charge >= 0.3 is 0 Å². The van der Waals surface area contributed by atoms with Crippen LogP contribution in [0.25, 0.3) is 0 Å². The Kier molecular flexibility index (Phi) is 5.36. The molecule has 0 aliphatic heterocycles. The average molecular weight is 346 g/mol. The quantitative estimate of drug-likeness (QED) is 0.493. The van der Waals surface area contributed by atoms with Gasteiger partial charge in [-0.1, -0.05) is 43.0 Å². The molecule has 3 rings (SSSR count). The van der Waals surface area contributed by atoms with Crippen LogP contribution in [0.1, 0.15) is 6.92 Å². The van der Waals surface area contributed by atoms with Crippen molar-refractivity contribution in [2.24, 2.45) is 0 Å². The fourth-order valence-electron chi connectivity index (χ4n) is 2.43. The number of carbonyl (C=O) groups is 1. The summed E-state index contributed by atoms with van der Waals surface area (Å²) in [5.41, 5.74) is 1.28. The molecule has 1 N–H and O–H groups in total. The van der Waals surface area contributed by atoms with Crippen molar-refractivity contribution in [2.75, 3.05) is 5.32 Å². The molecular formula is C22H20NOS+. The Morgan fingerprint density at radius 1 is 0.760 bits per heavy atom. The zero-order chi connectivity index (χ0) is 17.6. The van der Waals surface area contributed by atoms with Crippen LogP contribution in [-0.4, -0.2) is 5.91 Å². The summed E-state index contributed by atoms with van der Waals surface area (Å²) in [4.78, 5) is 15.5. The number of amides is 1. The standard InChI is InChI=1S/C22H19NOS/c1-17(2)22(24)23-18-13-15-21(16-14-18)25(19-9-5-3-6-10-19)20-11-7-4-8-12-20/h3-16H,1H2,2H3/p+1. The minimum Gasteiger partial charge on any atom is -0.322 e. The van der Waals surface area contributed by atoms with E-state index in [1.165, 1.54) is 14.7 Å². The van der Waals surface area contributed by atoms with Crippen LogP contribution in [0.15, 0.2) is 112 Å². The zero-order valence-corrected chi connectivity index (χ0v) is 14.9. The molecule has 124 valence electrons. The van der Waals surface area contributed by atoms with Gasteiger partial charge in [0.15, 0.2) is 14.7 Å². The molecule has 2 nitrogen and oxygen atoms in total. The van der Waals surface area contributed by atoms with Gasteiger partial charge in [0.2, 0.25) is 0 Å². The molecule has 0 heterocycles. The van der Waals surface area contributed by atoms with E-state index in [4.69, 9.17) is 0 Å². The summed E-state index contributed by atoms with van der Waals surface area (Å²) < 4.78 is 0. The summed E-state index contributed by atoms with van der Waals surface area (Å²) in [6, 6.07) is 29.0. The first-order valence-electron chi connectivity index (χ1n) is 8.06. The number of nitrogens with one attached hydrogen (secondary N) is 1. The van der Waals surface area contributed by atoms with Gasteiger partial charge in [-0.2, -0.15) is 0 Å². The number of anilines is 1. The third-order valence-corrected chi connectivity index (χ3v) is 5.92. The molecule has 0 saturated heterocycles. The maximum Gasteiger partial charge on any atom is 0.250 e. The van der Waals surface area contributed by atoms with Crippen molar-refractivity contribution in [2.45, 2.75) is 21.6 Å². The molecule has 0 spiro atoms. The van der Waals surface area contributed by atoms with E-state index in [1.54, 1.807) is 6.92 Å². The Morgan fingerprint density at radius 3 is 1.64 bits per heavy atom. The summed E-state index contributed by atoms with van der Waals surface area (Å²) in [6.07, 6.45) is 0. The second-order valence-corrected chi connectivity index (χ2v) is 7.72. The predicted octanol–water partition coefficient (Wildman–Crippen LogP) is 5.30. The van der Waals surface area contributed by atoms with Gasteiger partial charge in [0.05, 0.1) is 10.9 Å². The molecule has 0 aliphatic carbocycles. The van der Waals surface area contributed by atoms with Crippen LogP contribution in [0.5, 0.6) is 0 Å². The highest BCUT2D eigenvalue weighted by atomic mass is 32.2. The molecule has 25 heavy (non-hydrogen) atoms. The van der Waals surface area contributed by atoms with E-state index in [9.17, 15) is 4.79 Å². The topological polar surface area (TPSA) is 29.1 Å². The van der Waals surface area contributed by atoms with Gasteiger partial charge in [-0.3, -0.25) is 4.79 Å². The number of rotatable bonds is 5. The van der Waals surface area contributed by atoms with Crippen LogP contribution < -0.4 is 5.32 Å². The molecule has 0 saturated carbocycles. The molecule has 0 fully saturated rings. The third kappa shape index (κ3) is 4.20. The fourth-order valence-corrected chi connectivity index (χ4v) is 4.52. The van der Waals surface area contributed by atoms with Gasteiger partial charge in [-0.05, 0) is 55.5 Å². The predicted molar refractivity (Wildman–Crippen MR) is 105 cm³/mol. The normalized spacial score (nSPS) is 10.5. The van der Waals surface area contributed by atoms with Crippen LogP contribution in [-0.2, 0) is 15.7 Å². The van der Waals surface area contributed by atoms with Crippen molar-refractivity contribution in [3.63, 3.8) is 0 Å². The minimum atomic E-state index is -0.175. The lowest BCUT2D eigenvalue weighted by molar-refractivity contribution is -0.112. The van der Waals surface area contributed by atoms with E-state index in [-0.39, 0.29) is 16.8 Å². The second-order valence-electron chi connectivity index (χ2n) is 5.69. The molecule has 1 amide bonds. The summed E-state index contributed by atoms with van der Waals surface area (Å²) in [5, 5.41) is 2.85. The van der Waals surface area contributed by atoms with Gasteiger partial charge in [-0.25, -0.2) is 0 Å². The van der Waals surface area contributed by atoms with E-state index in [0.29, 0.717) is 5.57 Å². The number of benzene rings is 3. The lowest BCUT2D eigenvalue weighted by Gasteiger charge is -2.09. The molecule has 3 aromatic rings. The highest BCUT2D eigenvalue weighted by Crippen LogP contribution is 2.31. The summed E-state index contributed by atoms with van der Waals surface area (Å²) >= 11 is 0. The van der Waals surface area contributed by atoms with Gasteiger partial charge in [-0.15, -0.1) is 0 Å². The van der Waals surface area contributed by atoms with E-state index in [1.807, 2.05) is 24.3 Å². The lowest BCUT2D eigenvalue weighted by atomic mass is 10.3. The van der Waals surface area contributed by atoms with E-state index in [2.05, 4.69) is 72.6 Å². The Balaban J connectivity index is 1.94. The van der Waals surface area contributed by atoms with E-state index >= 15 is 0 Å². The first kappa shape index (κ1) is 17.1. The molecule has 0 aromatic heterocycles. The van der Waals surface area contributed by atoms with Crippen LogP contribution >= 0.6 is 0 Å². The molecule has 3 heteroatoms. The average Bonchev–Trinajstić information content (AvgIpc) is 2.65. The van der Waals surface area contributed by atoms with E-state index in [0.717, 1.165) is 5.69 Å². The summed E-state index contributed by atoms with van der Waals surface area (Å²) in [7, 11) is -0.175. The van der Waals surface area contributed by atoms with Crippen molar-refractivity contribution in [1.82, 2.24) is 0 Å². The molecule has 3 aromatic carbocycles. The fraction of sp³-hybridized carbons (Fsp3) is 0.0455. The number of hydrogen-bond acceptors (Lipinski definition) is 1. The zero-order valence-electron chi connectivity index (χ0n) is 14.1. The first-order valence-corrected chi connectivity index (χ1v) is 9.29. The van der Waals surface area contributed by atoms with Crippen molar-refractivity contribution in [1.29, 1.82) is 0 Å². The smallest absolute Gasteiger partial charge is 0.250 e. The SMILES string of the molecule is C=C(C)C(=O)Nc1ccc([S+](c2ccccc2)c2ccccc2)cc1. The van der Waals surface area contributed by atoms with Crippen molar-refractivity contribution in [3.05, 3.63) is 97.1 Å². The monoisotopic (exact) mass is 346 g/mol. The Labute approximate surface area is 151 Å².